The summed E-state index contributed by atoms with van der Waals surface area (Å²) in [6.07, 6.45) is 0. The van der Waals surface area contributed by atoms with Gasteiger partial charge >= 0.3 is 5.97 Å². The van der Waals surface area contributed by atoms with E-state index < -0.39 is 0 Å². The summed E-state index contributed by atoms with van der Waals surface area (Å²) in [7, 11) is 0. The number of nitrogens with one attached hydrogen (secondary N) is 1. The van der Waals surface area contributed by atoms with Crippen molar-refractivity contribution < 1.29 is 14.3 Å². The van der Waals surface area contributed by atoms with Crippen molar-refractivity contribution in [1.82, 2.24) is 9.88 Å². The lowest BCUT2D eigenvalue weighted by Gasteiger charge is -2.15. The largest absolute Gasteiger partial charge is 0.462 e. The molecule has 6 heteroatoms. The van der Waals surface area contributed by atoms with Gasteiger partial charge in [-0.1, -0.05) is 64.5 Å². The highest BCUT2D eigenvalue weighted by molar-refractivity contribution is 9.10. The fraction of sp³-hybridized carbons (Fsp3) is 0.200. The fourth-order valence-electron chi connectivity index (χ4n) is 5.25. The maximum atomic E-state index is 13.2. The Morgan fingerprint density at radius 2 is 1.66 bits per heavy atom. The van der Waals surface area contributed by atoms with Crippen LogP contribution in [0, 0.1) is 13.8 Å². The average molecular weight is 610 g/mol. The second-order valence-corrected chi connectivity index (χ2v) is 11.1. The molecule has 0 radical (unpaired) electrons. The zero-order valence-electron chi connectivity index (χ0n) is 23.7. The molecule has 1 atom stereocenters. The van der Waals surface area contributed by atoms with E-state index in [1.165, 1.54) is 0 Å². The third kappa shape index (κ3) is 5.98. The minimum absolute atomic E-state index is 0.0982. The summed E-state index contributed by atoms with van der Waals surface area (Å²) < 4.78 is 8.52. The molecule has 1 heterocycles. The summed E-state index contributed by atoms with van der Waals surface area (Å²) in [5.74, 6) is -0.417. The summed E-state index contributed by atoms with van der Waals surface area (Å²) >= 11 is 3.46. The van der Waals surface area contributed by atoms with Crippen molar-refractivity contribution in [1.29, 1.82) is 0 Å². The Hall–Kier alpha value is -4.16. The number of benzene rings is 4. The molecule has 0 saturated heterocycles. The lowest BCUT2D eigenvalue weighted by atomic mass is 9.98. The zero-order chi connectivity index (χ0) is 29.1. The van der Waals surface area contributed by atoms with Gasteiger partial charge in [0.25, 0.3) is 5.91 Å². The number of carbonyl (C=O) groups excluding carboxylic acids is 2. The van der Waals surface area contributed by atoms with Gasteiger partial charge in [-0.3, -0.25) is 4.79 Å². The van der Waals surface area contributed by atoms with Crippen LogP contribution in [0.4, 0.5) is 0 Å². The van der Waals surface area contributed by atoms with Crippen LogP contribution in [0.3, 0.4) is 0 Å². The number of halogens is 1. The van der Waals surface area contributed by atoms with Gasteiger partial charge in [-0.05, 0) is 98.0 Å². The highest BCUT2D eigenvalue weighted by Crippen LogP contribution is 2.31. The molecule has 4 aromatic carbocycles. The van der Waals surface area contributed by atoms with Crippen molar-refractivity contribution >= 4 is 38.7 Å². The predicted molar refractivity (Wildman–Crippen MR) is 168 cm³/mol. The number of fused-ring (bicyclic) bond motifs is 1. The third-order valence-corrected chi connectivity index (χ3v) is 8.18. The van der Waals surface area contributed by atoms with Crippen molar-refractivity contribution in [3.8, 4) is 11.1 Å². The van der Waals surface area contributed by atoms with E-state index in [-0.39, 0.29) is 17.9 Å². The normalized spacial score (nSPS) is 11.8. The standard InChI is InChI=1S/C35H33BrN2O3/c1-5-41-35(40)28-11-8-10-26(19-28)31-12-7-6-9-29(31)21-38-24(4)22(2)32-20-27(15-18-33(32)38)34(39)37-23(3)25-13-16-30(36)17-14-25/h6-20,23H,5,21H2,1-4H3,(H,37,39)/t23-/m0/s1. The quantitative estimate of drug-likeness (QED) is 0.180. The number of amides is 1. The van der Waals surface area contributed by atoms with Crippen LogP contribution >= 0.6 is 15.9 Å². The van der Waals surface area contributed by atoms with Crippen molar-refractivity contribution in [3.05, 3.63) is 129 Å². The Morgan fingerprint density at radius 1 is 0.902 bits per heavy atom. The van der Waals surface area contributed by atoms with Crippen LogP contribution in [0.2, 0.25) is 0 Å². The number of aryl methyl sites for hydroxylation is 1. The van der Waals surface area contributed by atoms with Gasteiger partial charge in [-0.15, -0.1) is 0 Å². The van der Waals surface area contributed by atoms with Crippen LogP contribution in [0.25, 0.3) is 22.0 Å². The molecular formula is C35H33BrN2O3. The van der Waals surface area contributed by atoms with E-state index in [2.05, 4.69) is 51.8 Å². The molecule has 5 rings (SSSR count). The van der Waals surface area contributed by atoms with Gasteiger partial charge in [0.2, 0.25) is 0 Å². The lowest BCUT2D eigenvalue weighted by molar-refractivity contribution is 0.0526. The molecule has 0 bridgehead atoms. The highest BCUT2D eigenvalue weighted by atomic mass is 79.9. The monoisotopic (exact) mass is 608 g/mol. The lowest BCUT2D eigenvalue weighted by Crippen LogP contribution is -2.26. The maximum Gasteiger partial charge on any atom is 0.338 e. The summed E-state index contributed by atoms with van der Waals surface area (Å²) in [6, 6.07) is 29.7. The number of hydrogen-bond donors (Lipinski definition) is 1. The van der Waals surface area contributed by atoms with Gasteiger partial charge in [0.05, 0.1) is 18.2 Å². The first-order valence-electron chi connectivity index (χ1n) is 13.8. The summed E-state index contributed by atoms with van der Waals surface area (Å²) in [6.45, 7) is 9.02. The average Bonchev–Trinajstić information content (AvgIpc) is 3.22. The molecule has 0 aliphatic carbocycles. The van der Waals surface area contributed by atoms with Crippen molar-refractivity contribution in [3.63, 3.8) is 0 Å². The molecule has 0 spiro atoms. The van der Waals surface area contributed by atoms with E-state index in [1.54, 1.807) is 6.07 Å². The van der Waals surface area contributed by atoms with Gasteiger partial charge in [0, 0.05) is 33.2 Å². The topological polar surface area (TPSA) is 60.3 Å². The van der Waals surface area contributed by atoms with Crippen molar-refractivity contribution in [2.45, 2.75) is 40.3 Å². The third-order valence-electron chi connectivity index (χ3n) is 7.65. The number of nitrogens with zero attached hydrogens (tertiary/aromatic N) is 1. The van der Waals surface area contributed by atoms with E-state index >= 15 is 0 Å². The van der Waals surface area contributed by atoms with Crippen molar-refractivity contribution in [2.75, 3.05) is 6.61 Å². The molecular weight excluding hydrogens is 576 g/mol. The van der Waals surface area contributed by atoms with E-state index in [9.17, 15) is 9.59 Å². The molecule has 41 heavy (non-hydrogen) atoms. The Bertz CT molecular complexity index is 1740. The molecule has 0 aliphatic rings. The van der Waals surface area contributed by atoms with Gasteiger partial charge in [0.1, 0.15) is 0 Å². The van der Waals surface area contributed by atoms with E-state index in [4.69, 9.17) is 4.74 Å². The molecule has 1 N–H and O–H groups in total. The number of esters is 1. The number of aromatic nitrogens is 1. The number of ether oxygens (including phenoxy) is 1. The Labute approximate surface area is 249 Å². The predicted octanol–water partition coefficient (Wildman–Crippen LogP) is 8.40. The van der Waals surface area contributed by atoms with E-state index in [0.717, 1.165) is 48.9 Å². The smallest absolute Gasteiger partial charge is 0.338 e. The molecule has 208 valence electrons. The SMILES string of the molecule is CCOC(=O)c1cccc(-c2ccccc2Cn2c(C)c(C)c3cc(C(=O)N[C@@H](C)c4ccc(Br)cc4)ccc32)c1. The highest BCUT2D eigenvalue weighted by Gasteiger charge is 2.17. The number of hydrogen-bond acceptors (Lipinski definition) is 3. The van der Waals surface area contributed by atoms with Crippen molar-refractivity contribution in [2.24, 2.45) is 0 Å². The second-order valence-electron chi connectivity index (χ2n) is 10.2. The van der Waals surface area contributed by atoms with Crippen LogP contribution < -0.4 is 5.32 Å². The van der Waals surface area contributed by atoms with E-state index in [1.807, 2.05) is 86.6 Å². The number of carbonyl (C=O) groups is 2. The molecule has 0 unspecified atom stereocenters. The molecule has 5 aromatic rings. The minimum atomic E-state index is -0.319. The van der Waals surface area contributed by atoms with Gasteiger partial charge in [0.15, 0.2) is 0 Å². The molecule has 1 amide bonds. The molecule has 0 fully saturated rings. The molecule has 5 nitrogen and oxygen atoms in total. The van der Waals surface area contributed by atoms with E-state index in [0.29, 0.717) is 24.3 Å². The summed E-state index contributed by atoms with van der Waals surface area (Å²) in [5, 5.41) is 4.19. The van der Waals surface area contributed by atoms with Crippen LogP contribution in [0.1, 0.15) is 63.0 Å². The Morgan fingerprint density at radius 3 is 2.41 bits per heavy atom. The first-order valence-corrected chi connectivity index (χ1v) is 14.6. The first kappa shape index (κ1) is 28.4. The molecule has 0 aliphatic heterocycles. The Balaban J connectivity index is 1.44. The summed E-state index contributed by atoms with van der Waals surface area (Å²) in [4.78, 5) is 25.6. The van der Waals surface area contributed by atoms with Gasteiger partial charge in [-0.2, -0.15) is 0 Å². The van der Waals surface area contributed by atoms with Crippen LogP contribution in [0.15, 0.2) is 95.5 Å². The zero-order valence-corrected chi connectivity index (χ0v) is 25.3. The Kier molecular flexibility index (Phi) is 8.41. The van der Waals surface area contributed by atoms with Crippen LogP contribution in [0.5, 0.6) is 0 Å². The number of rotatable bonds is 8. The molecule has 0 saturated carbocycles. The molecule has 1 aromatic heterocycles. The minimum Gasteiger partial charge on any atom is -0.462 e. The van der Waals surface area contributed by atoms with Gasteiger partial charge < -0.3 is 14.6 Å². The van der Waals surface area contributed by atoms with Crippen LogP contribution in [-0.2, 0) is 11.3 Å². The first-order chi connectivity index (χ1) is 19.8. The maximum absolute atomic E-state index is 13.2. The summed E-state index contributed by atoms with van der Waals surface area (Å²) in [5.41, 5.74) is 8.77. The van der Waals surface area contributed by atoms with Gasteiger partial charge in [-0.25, -0.2) is 4.79 Å². The fourth-order valence-corrected chi connectivity index (χ4v) is 5.51. The van der Waals surface area contributed by atoms with Crippen LogP contribution in [-0.4, -0.2) is 23.1 Å². The second kappa shape index (κ2) is 12.1.